The number of hydrogen-bond acceptors (Lipinski definition) is 4. The quantitative estimate of drug-likeness (QED) is 0.588. The van der Waals surface area contributed by atoms with Crippen LogP contribution in [0.5, 0.6) is 0 Å². The summed E-state index contributed by atoms with van der Waals surface area (Å²) in [5.41, 5.74) is 2.99. The monoisotopic (exact) mass is 380 g/mol. The van der Waals surface area contributed by atoms with E-state index in [4.69, 9.17) is 0 Å². The number of aryl methyl sites for hydroxylation is 1. The van der Waals surface area contributed by atoms with Crippen LogP contribution in [0, 0.1) is 5.82 Å². The van der Waals surface area contributed by atoms with Crippen LogP contribution in [0.1, 0.15) is 25.6 Å². The molecule has 8 heteroatoms. The number of halogens is 1. The largest absolute Gasteiger partial charge is 0.480 e. The first-order valence-corrected chi connectivity index (χ1v) is 8.82. The van der Waals surface area contributed by atoms with Gasteiger partial charge in [0, 0.05) is 18.0 Å². The van der Waals surface area contributed by atoms with Crippen molar-refractivity contribution in [2.45, 2.75) is 26.3 Å². The lowest BCUT2D eigenvalue weighted by atomic mass is 10.0. The van der Waals surface area contributed by atoms with Gasteiger partial charge in [-0.05, 0) is 37.1 Å². The van der Waals surface area contributed by atoms with Gasteiger partial charge in [-0.15, -0.1) is 0 Å². The SMILES string of the molecule is CCc1nn2c(ncc3c(=O)n(C(C)C(=O)O)ccc32)c1-c1ccc(F)cc1. The Kier molecular flexibility index (Phi) is 4.18. The molecule has 0 bridgehead atoms. The second kappa shape index (κ2) is 6.56. The molecule has 1 N–H and O–H groups in total. The fourth-order valence-corrected chi connectivity index (χ4v) is 3.31. The number of nitrogens with zero attached hydrogens (tertiary/aromatic N) is 4. The summed E-state index contributed by atoms with van der Waals surface area (Å²) in [6, 6.07) is 6.77. The van der Waals surface area contributed by atoms with E-state index in [0.29, 0.717) is 17.6 Å². The van der Waals surface area contributed by atoms with Crippen molar-refractivity contribution < 1.29 is 14.3 Å². The second-order valence-electron chi connectivity index (χ2n) is 6.52. The Morgan fingerprint density at radius 3 is 2.61 bits per heavy atom. The molecule has 1 atom stereocenters. The van der Waals surface area contributed by atoms with Crippen LogP contribution in [0.25, 0.3) is 27.7 Å². The lowest BCUT2D eigenvalue weighted by molar-refractivity contribution is -0.140. The molecule has 0 fully saturated rings. The zero-order chi connectivity index (χ0) is 20.0. The predicted octanol–water partition coefficient (Wildman–Crippen LogP) is 3.06. The minimum atomic E-state index is -1.10. The van der Waals surface area contributed by atoms with Crippen LogP contribution in [-0.4, -0.2) is 30.2 Å². The van der Waals surface area contributed by atoms with Crippen LogP contribution >= 0.6 is 0 Å². The average Bonchev–Trinajstić information content (AvgIpc) is 3.07. The standard InChI is InChI=1S/C20H17FN4O3/c1-3-15-17(12-4-6-13(21)7-5-12)18-22-10-14-16(25(18)23-15)8-9-24(19(14)26)11(2)20(27)28/h4-11H,3H2,1-2H3,(H,27,28). The number of aliphatic carboxylic acids is 1. The Balaban J connectivity index is 2.01. The zero-order valence-electron chi connectivity index (χ0n) is 15.3. The fraction of sp³-hybridized carbons (Fsp3) is 0.200. The van der Waals surface area contributed by atoms with Gasteiger partial charge in [0.25, 0.3) is 5.56 Å². The Morgan fingerprint density at radius 2 is 1.96 bits per heavy atom. The minimum Gasteiger partial charge on any atom is -0.480 e. The van der Waals surface area contributed by atoms with E-state index in [0.717, 1.165) is 21.4 Å². The summed E-state index contributed by atoms with van der Waals surface area (Å²) in [4.78, 5) is 28.4. The fourth-order valence-electron chi connectivity index (χ4n) is 3.31. The van der Waals surface area contributed by atoms with Crippen LogP contribution in [0.2, 0.25) is 0 Å². The lowest BCUT2D eigenvalue weighted by Crippen LogP contribution is -2.28. The van der Waals surface area contributed by atoms with Crippen molar-refractivity contribution in [3.05, 3.63) is 64.6 Å². The molecule has 4 rings (SSSR count). The molecule has 1 unspecified atom stereocenters. The summed E-state index contributed by atoms with van der Waals surface area (Å²) in [6.07, 6.45) is 3.52. The molecule has 0 saturated heterocycles. The highest BCUT2D eigenvalue weighted by Gasteiger charge is 2.20. The number of hydrogen-bond donors (Lipinski definition) is 1. The third-order valence-electron chi connectivity index (χ3n) is 4.85. The second-order valence-corrected chi connectivity index (χ2v) is 6.52. The van der Waals surface area contributed by atoms with Crippen molar-refractivity contribution in [2.24, 2.45) is 0 Å². The molecule has 0 amide bonds. The zero-order valence-corrected chi connectivity index (χ0v) is 15.3. The maximum absolute atomic E-state index is 13.3. The number of carboxylic acid groups (broad SMARTS) is 1. The Morgan fingerprint density at radius 1 is 1.25 bits per heavy atom. The van der Waals surface area contributed by atoms with Crippen LogP contribution in [-0.2, 0) is 11.2 Å². The lowest BCUT2D eigenvalue weighted by Gasteiger charge is -2.11. The first-order chi connectivity index (χ1) is 13.4. The van der Waals surface area contributed by atoms with E-state index in [1.54, 1.807) is 22.7 Å². The summed E-state index contributed by atoms with van der Waals surface area (Å²) >= 11 is 0. The van der Waals surface area contributed by atoms with Gasteiger partial charge in [0.15, 0.2) is 5.65 Å². The maximum atomic E-state index is 13.3. The van der Waals surface area contributed by atoms with E-state index >= 15 is 0 Å². The van der Waals surface area contributed by atoms with Crippen molar-refractivity contribution in [3.8, 4) is 11.1 Å². The summed E-state index contributed by atoms with van der Waals surface area (Å²) in [6.45, 7) is 3.40. The van der Waals surface area contributed by atoms with Crippen molar-refractivity contribution >= 4 is 22.5 Å². The van der Waals surface area contributed by atoms with Gasteiger partial charge < -0.3 is 9.67 Å². The number of rotatable bonds is 4. The molecular formula is C20H17FN4O3. The third-order valence-corrected chi connectivity index (χ3v) is 4.85. The molecule has 0 radical (unpaired) electrons. The van der Waals surface area contributed by atoms with Crippen molar-refractivity contribution in [1.29, 1.82) is 0 Å². The molecule has 0 aliphatic rings. The summed E-state index contributed by atoms with van der Waals surface area (Å²) in [5.74, 6) is -1.42. The van der Waals surface area contributed by atoms with Gasteiger partial charge in [0.05, 0.1) is 16.6 Å². The molecule has 3 heterocycles. The highest BCUT2D eigenvalue weighted by atomic mass is 19.1. The van der Waals surface area contributed by atoms with Gasteiger partial charge in [0.2, 0.25) is 0 Å². The predicted molar refractivity (Wildman–Crippen MR) is 102 cm³/mol. The van der Waals surface area contributed by atoms with E-state index in [1.165, 1.54) is 31.5 Å². The molecule has 3 aromatic heterocycles. The smallest absolute Gasteiger partial charge is 0.326 e. The number of aromatic nitrogens is 4. The number of pyridine rings is 1. The van der Waals surface area contributed by atoms with Gasteiger partial charge in [-0.1, -0.05) is 19.1 Å². The van der Waals surface area contributed by atoms with Crippen molar-refractivity contribution in [1.82, 2.24) is 19.2 Å². The Bertz CT molecular complexity index is 1270. The molecular weight excluding hydrogens is 363 g/mol. The minimum absolute atomic E-state index is 0.277. The van der Waals surface area contributed by atoms with Crippen LogP contribution in [0.3, 0.4) is 0 Å². The average molecular weight is 380 g/mol. The van der Waals surface area contributed by atoms with Gasteiger partial charge in [-0.3, -0.25) is 4.79 Å². The highest BCUT2D eigenvalue weighted by Crippen LogP contribution is 2.29. The molecule has 1 aromatic carbocycles. The van der Waals surface area contributed by atoms with E-state index in [9.17, 15) is 19.1 Å². The maximum Gasteiger partial charge on any atom is 0.326 e. The van der Waals surface area contributed by atoms with Crippen molar-refractivity contribution in [3.63, 3.8) is 0 Å². The van der Waals surface area contributed by atoms with Gasteiger partial charge in [0.1, 0.15) is 11.9 Å². The molecule has 0 aliphatic carbocycles. The van der Waals surface area contributed by atoms with E-state index in [-0.39, 0.29) is 11.2 Å². The van der Waals surface area contributed by atoms with Crippen molar-refractivity contribution in [2.75, 3.05) is 0 Å². The highest BCUT2D eigenvalue weighted by molar-refractivity contribution is 5.86. The molecule has 0 aliphatic heterocycles. The third kappa shape index (κ3) is 2.65. The number of benzene rings is 1. The Hall–Kier alpha value is -3.55. The van der Waals surface area contributed by atoms with Gasteiger partial charge in [-0.2, -0.15) is 5.10 Å². The topological polar surface area (TPSA) is 89.5 Å². The first kappa shape index (κ1) is 17.8. The van der Waals surface area contributed by atoms with E-state index < -0.39 is 17.6 Å². The summed E-state index contributed by atoms with van der Waals surface area (Å²) in [5, 5.41) is 14.1. The number of carboxylic acids is 1. The molecule has 7 nitrogen and oxygen atoms in total. The number of fused-ring (bicyclic) bond motifs is 3. The van der Waals surface area contributed by atoms with Crippen LogP contribution in [0.4, 0.5) is 4.39 Å². The van der Waals surface area contributed by atoms with E-state index in [2.05, 4.69) is 10.1 Å². The van der Waals surface area contributed by atoms with Gasteiger partial charge in [-0.25, -0.2) is 18.7 Å². The Labute approximate surface area is 158 Å². The summed E-state index contributed by atoms with van der Waals surface area (Å²) in [7, 11) is 0. The van der Waals surface area contributed by atoms with Crippen LogP contribution < -0.4 is 5.56 Å². The molecule has 28 heavy (non-hydrogen) atoms. The molecule has 0 saturated carbocycles. The van der Waals surface area contributed by atoms with E-state index in [1.807, 2.05) is 6.92 Å². The normalized spacial score (nSPS) is 12.5. The first-order valence-electron chi connectivity index (χ1n) is 8.82. The molecule has 142 valence electrons. The van der Waals surface area contributed by atoms with Gasteiger partial charge >= 0.3 is 5.97 Å². The summed E-state index contributed by atoms with van der Waals surface area (Å²) < 4.78 is 16.1. The number of carbonyl (C=O) groups is 1. The molecule has 4 aromatic rings. The van der Waals surface area contributed by atoms with Crippen LogP contribution in [0.15, 0.2) is 47.5 Å². The molecule has 0 spiro atoms.